The largest absolute Gasteiger partial charge is 0.368 e. The van der Waals surface area contributed by atoms with Gasteiger partial charge in [0.15, 0.2) is 5.65 Å². The Morgan fingerprint density at radius 2 is 1.81 bits per heavy atom. The van der Waals surface area contributed by atoms with E-state index in [9.17, 15) is 9.59 Å². The zero-order valence-corrected chi connectivity index (χ0v) is 18.6. The number of nitrogens with one attached hydrogen (secondary N) is 1. The highest BCUT2D eigenvalue weighted by atomic mass is 35.5. The monoisotopic (exact) mass is 443 g/mol. The average Bonchev–Trinajstić information content (AvgIpc) is 3.15. The lowest BCUT2D eigenvalue weighted by Gasteiger charge is -2.38. The number of amides is 1. The van der Waals surface area contributed by atoms with E-state index in [0.29, 0.717) is 48.2 Å². The van der Waals surface area contributed by atoms with E-state index >= 15 is 0 Å². The van der Waals surface area contributed by atoms with Crippen LogP contribution in [0.2, 0.25) is 5.02 Å². The summed E-state index contributed by atoms with van der Waals surface area (Å²) < 4.78 is 1.76. The second-order valence-electron chi connectivity index (χ2n) is 8.73. The maximum absolute atomic E-state index is 12.6. The number of nitrogens with zero attached hydrogens (tertiary/aromatic N) is 5. The molecule has 1 atom stereocenters. The summed E-state index contributed by atoms with van der Waals surface area (Å²) in [5.41, 5.74) is 6.57. The first-order valence-corrected chi connectivity index (χ1v) is 10.6. The van der Waals surface area contributed by atoms with Crippen LogP contribution in [-0.2, 0) is 10.3 Å². The number of rotatable bonds is 4. The molecule has 0 saturated carbocycles. The van der Waals surface area contributed by atoms with Crippen LogP contribution in [0.25, 0.3) is 11.0 Å². The van der Waals surface area contributed by atoms with Gasteiger partial charge in [-0.05, 0) is 38.5 Å². The van der Waals surface area contributed by atoms with Crippen LogP contribution in [-0.4, -0.2) is 56.7 Å². The Balaban J connectivity index is 1.57. The predicted octanol–water partition coefficient (Wildman–Crippen LogP) is 1.88. The van der Waals surface area contributed by atoms with Crippen molar-refractivity contribution in [3.63, 3.8) is 0 Å². The number of carbonyl (C=O) groups excluding carboxylic acids is 1. The Kier molecular flexibility index (Phi) is 5.49. The highest BCUT2D eigenvalue weighted by molar-refractivity contribution is 6.30. The molecule has 0 aliphatic carbocycles. The number of hydrogen-bond acceptors (Lipinski definition) is 6. The second kappa shape index (κ2) is 7.97. The van der Waals surface area contributed by atoms with Gasteiger partial charge in [-0.15, -0.1) is 0 Å². The summed E-state index contributed by atoms with van der Waals surface area (Å²) >= 11 is 5.98. The fourth-order valence-corrected chi connectivity index (χ4v) is 4.07. The molecule has 10 heteroatoms. The number of anilines is 1. The standard InChI is InChI=1S/C21H26ClN7O2/c1-21(2,3)29-18-15(12-24-29)19(31)26-20(25-18)28-10-8-27(9-11-28)16(17(23)30)13-4-6-14(22)7-5-13/h4-7,12,16H,8-11H2,1-3H3,(H2,23,30)(H,25,26,31). The molecule has 1 aromatic carbocycles. The maximum Gasteiger partial charge on any atom is 0.263 e. The summed E-state index contributed by atoms with van der Waals surface area (Å²) in [5.74, 6) is 0.100. The van der Waals surface area contributed by atoms with Crippen LogP contribution < -0.4 is 16.2 Å². The number of fused-ring (bicyclic) bond motifs is 1. The summed E-state index contributed by atoms with van der Waals surface area (Å²) in [6.07, 6.45) is 1.55. The van der Waals surface area contributed by atoms with Gasteiger partial charge in [0.05, 0.1) is 11.7 Å². The van der Waals surface area contributed by atoms with Gasteiger partial charge in [-0.3, -0.25) is 19.5 Å². The van der Waals surface area contributed by atoms with Crippen molar-refractivity contribution in [1.82, 2.24) is 24.6 Å². The van der Waals surface area contributed by atoms with E-state index in [4.69, 9.17) is 22.3 Å². The van der Waals surface area contributed by atoms with Gasteiger partial charge in [-0.1, -0.05) is 23.7 Å². The first-order valence-electron chi connectivity index (χ1n) is 10.2. The molecule has 3 aromatic rings. The number of halogens is 1. The van der Waals surface area contributed by atoms with Gasteiger partial charge >= 0.3 is 0 Å². The molecule has 3 N–H and O–H groups in total. The fourth-order valence-electron chi connectivity index (χ4n) is 3.94. The third-order valence-corrected chi connectivity index (χ3v) is 5.75. The number of aromatic nitrogens is 4. The minimum Gasteiger partial charge on any atom is -0.368 e. The van der Waals surface area contributed by atoms with Crippen LogP contribution in [0.5, 0.6) is 0 Å². The fraction of sp³-hybridized carbons (Fsp3) is 0.429. The quantitative estimate of drug-likeness (QED) is 0.636. The van der Waals surface area contributed by atoms with Crippen molar-refractivity contribution in [2.24, 2.45) is 5.73 Å². The zero-order chi connectivity index (χ0) is 22.3. The Hall–Kier alpha value is -2.91. The summed E-state index contributed by atoms with van der Waals surface area (Å²) in [5, 5.41) is 5.43. The third kappa shape index (κ3) is 4.15. The lowest BCUT2D eigenvalue weighted by molar-refractivity contribution is -0.123. The number of benzene rings is 1. The van der Waals surface area contributed by atoms with E-state index in [0.717, 1.165) is 5.56 Å². The minimum absolute atomic E-state index is 0.214. The molecule has 31 heavy (non-hydrogen) atoms. The van der Waals surface area contributed by atoms with Crippen LogP contribution in [0.3, 0.4) is 0 Å². The van der Waals surface area contributed by atoms with E-state index in [1.54, 1.807) is 23.0 Å². The van der Waals surface area contributed by atoms with Crippen LogP contribution in [0.4, 0.5) is 5.95 Å². The summed E-state index contributed by atoms with van der Waals surface area (Å²) in [7, 11) is 0. The minimum atomic E-state index is -0.531. The molecular weight excluding hydrogens is 418 g/mol. The molecule has 9 nitrogen and oxygen atoms in total. The molecule has 0 radical (unpaired) electrons. The van der Waals surface area contributed by atoms with Gasteiger partial charge in [0.25, 0.3) is 5.56 Å². The Bertz CT molecular complexity index is 1160. The van der Waals surface area contributed by atoms with Crippen molar-refractivity contribution in [2.75, 3.05) is 31.1 Å². The van der Waals surface area contributed by atoms with Crippen molar-refractivity contribution in [3.8, 4) is 0 Å². The van der Waals surface area contributed by atoms with Gasteiger partial charge in [0, 0.05) is 31.2 Å². The van der Waals surface area contributed by atoms with Crippen molar-refractivity contribution in [2.45, 2.75) is 32.4 Å². The first-order chi connectivity index (χ1) is 14.6. The van der Waals surface area contributed by atoms with Crippen LogP contribution in [0, 0.1) is 0 Å². The normalized spacial score (nSPS) is 16.6. The molecule has 4 rings (SSSR count). The Morgan fingerprint density at radius 1 is 1.16 bits per heavy atom. The molecule has 1 unspecified atom stereocenters. The van der Waals surface area contributed by atoms with Crippen LogP contribution >= 0.6 is 11.6 Å². The van der Waals surface area contributed by atoms with E-state index in [1.807, 2.05) is 42.7 Å². The smallest absolute Gasteiger partial charge is 0.263 e. The maximum atomic E-state index is 12.6. The number of carbonyl (C=O) groups is 1. The number of H-pyrrole nitrogens is 1. The SMILES string of the molecule is CC(C)(C)n1ncc2c(=O)[nH]c(N3CCN(C(C(N)=O)c4ccc(Cl)cc4)CC3)nc21. The topological polar surface area (TPSA) is 113 Å². The van der Waals surface area contributed by atoms with Gasteiger partial charge in [-0.2, -0.15) is 10.1 Å². The second-order valence-corrected chi connectivity index (χ2v) is 9.17. The zero-order valence-electron chi connectivity index (χ0n) is 17.8. The lowest BCUT2D eigenvalue weighted by atomic mass is 10.0. The van der Waals surface area contributed by atoms with Crippen LogP contribution in [0.15, 0.2) is 35.3 Å². The molecular formula is C21H26ClN7O2. The number of nitrogens with two attached hydrogens (primary N) is 1. The molecule has 1 aliphatic rings. The van der Waals surface area contributed by atoms with E-state index < -0.39 is 11.9 Å². The van der Waals surface area contributed by atoms with E-state index in [1.165, 1.54) is 0 Å². The van der Waals surface area contributed by atoms with Crippen molar-refractivity contribution < 1.29 is 4.79 Å². The number of piperazine rings is 1. The molecule has 1 aliphatic heterocycles. The Morgan fingerprint density at radius 3 is 2.39 bits per heavy atom. The highest BCUT2D eigenvalue weighted by Gasteiger charge is 2.30. The van der Waals surface area contributed by atoms with Crippen molar-refractivity contribution in [1.29, 1.82) is 0 Å². The van der Waals surface area contributed by atoms with Gasteiger partial charge in [-0.25, -0.2) is 4.68 Å². The number of aromatic amines is 1. The summed E-state index contributed by atoms with van der Waals surface area (Å²) in [6, 6.07) is 6.63. The highest BCUT2D eigenvalue weighted by Crippen LogP contribution is 2.25. The first kappa shape index (κ1) is 21.3. The molecule has 0 spiro atoms. The summed E-state index contributed by atoms with van der Waals surface area (Å²) in [6.45, 7) is 8.42. The van der Waals surface area contributed by atoms with E-state index in [-0.39, 0.29) is 11.1 Å². The van der Waals surface area contributed by atoms with Gasteiger partial charge in [0.1, 0.15) is 11.4 Å². The average molecular weight is 444 g/mol. The molecule has 164 valence electrons. The third-order valence-electron chi connectivity index (χ3n) is 5.50. The van der Waals surface area contributed by atoms with Gasteiger partial charge < -0.3 is 10.6 Å². The predicted molar refractivity (Wildman–Crippen MR) is 120 cm³/mol. The number of hydrogen-bond donors (Lipinski definition) is 2. The molecule has 2 aromatic heterocycles. The van der Waals surface area contributed by atoms with E-state index in [2.05, 4.69) is 10.1 Å². The molecule has 0 bridgehead atoms. The van der Waals surface area contributed by atoms with Gasteiger partial charge in [0.2, 0.25) is 11.9 Å². The van der Waals surface area contributed by atoms with Crippen LogP contribution in [0.1, 0.15) is 32.4 Å². The Labute approximate surface area is 184 Å². The molecule has 1 fully saturated rings. The number of primary amides is 1. The molecule has 3 heterocycles. The molecule has 1 saturated heterocycles. The summed E-state index contributed by atoms with van der Waals surface area (Å²) in [4.78, 5) is 36.4. The molecule has 1 amide bonds. The van der Waals surface area contributed by atoms with Crippen molar-refractivity contribution >= 4 is 34.5 Å². The van der Waals surface area contributed by atoms with Crippen molar-refractivity contribution in [3.05, 3.63) is 51.4 Å². The lowest BCUT2D eigenvalue weighted by Crippen LogP contribution is -2.51.